The third-order valence-corrected chi connectivity index (χ3v) is 9.42. The lowest BCUT2D eigenvalue weighted by atomic mass is 9.73. The van der Waals surface area contributed by atoms with E-state index in [1.807, 2.05) is 0 Å². The van der Waals surface area contributed by atoms with Crippen LogP contribution < -0.4 is 4.90 Å². The Morgan fingerprint density at radius 2 is 1.10 bits per heavy atom. The molecule has 1 heteroatoms. The van der Waals surface area contributed by atoms with E-state index in [2.05, 4.69) is 164 Å². The number of benzene rings is 6. The van der Waals surface area contributed by atoms with Gasteiger partial charge in [0.2, 0.25) is 0 Å². The normalized spacial score (nSPS) is 15.7. The molecular weight excluding hydrogens is 506 g/mol. The van der Waals surface area contributed by atoms with Gasteiger partial charge in [0, 0.05) is 28.4 Å². The van der Waals surface area contributed by atoms with E-state index in [-0.39, 0.29) is 5.41 Å². The summed E-state index contributed by atoms with van der Waals surface area (Å²) in [4.78, 5) is 2.37. The molecule has 0 N–H and O–H groups in total. The average Bonchev–Trinajstić information content (AvgIpc) is 3.26. The molecule has 0 fully saturated rings. The van der Waals surface area contributed by atoms with Crippen LogP contribution in [0.1, 0.15) is 47.6 Å². The molecule has 0 heterocycles. The minimum absolute atomic E-state index is 0.103. The highest BCUT2D eigenvalue weighted by Gasteiger charge is 2.38. The van der Waals surface area contributed by atoms with Gasteiger partial charge < -0.3 is 4.90 Å². The lowest BCUT2D eigenvalue weighted by molar-refractivity contribution is 0.658. The highest BCUT2D eigenvalue weighted by molar-refractivity contribution is 5.89. The summed E-state index contributed by atoms with van der Waals surface area (Å²) in [5.41, 5.74) is 16.0. The third kappa shape index (κ3) is 3.84. The van der Waals surface area contributed by atoms with E-state index in [0.29, 0.717) is 5.92 Å². The first-order chi connectivity index (χ1) is 20.6. The van der Waals surface area contributed by atoms with Gasteiger partial charge in [-0.25, -0.2) is 0 Å². The lowest BCUT2D eigenvalue weighted by Crippen LogP contribution is -2.18. The molecule has 0 saturated carbocycles. The number of rotatable bonds is 4. The number of fused-ring (bicyclic) bond motifs is 6. The van der Waals surface area contributed by atoms with Crippen LogP contribution in [-0.4, -0.2) is 0 Å². The number of nitrogens with zero attached hydrogens (tertiary/aromatic N) is 1. The quantitative estimate of drug-likeness (QED) is 0.215. The summed E-state index contributed by atoms with van der Waals surface area (Å²) in [6.45, 7) is 4.79. The van der Waals surface area contributed by atoms with E-state index >= 15 is 0 Å². The van der Waals surface area contributed by atoms with Crippen LogP contribution >= 0.6 is 0 Å². The van der Waals surface area contributed by atoms with E-state index in [1.165, 1.54) is 55.8 Å². The maximum absolute atomic E-state index is 2.53. The molecule has 6 aromatic rings. The average molecular weight is 540 g/mol. The van der Waals surface area contributed by atoms with Gasteiger partial charge in [-0.15, -0.1) is 0 Å². The monoisotopic (exact) mass is 539 g/mol. The molecule has 2 aliphatic rings. The van der Waals surface area contributed by atoms with Crippen LogP contribution in [0, 0.1) is 0 Å². The molecule has 42 heavy (non-hydrogen) atoms. The SMILES string of the molecule is CC1(C)c2cc(N(c3ccccc3)c3ccccc3)ccc2-c2cc3c(cc21)CC(c1ccccc1)c1ccccc1-3. The molecule has 1 atom stereocenters. The summed E-state index contributed by atoms with van der Waals surface area (Å²) >= 11 is 0. The van der Waals surface area contributed by atoms with Crippen molar-refractivity contribution in [3.8, 4) is 22.3 Å². The number of para-hydroxylation sites is 2. The molecule has 0 aromatic heterocycles. The van der Waals surface area contributed by atoms with Crippen molar-refractivity contribution in [3.63, 3.8) is 0 Å². The Labute approximate surface area is 248 Å². The molecule has 0 amide bonds. The topological polar surface area (TPSA) is 3.24 Å². The fourth-order valence-electron chi connectivity index (χ4n) is 7.33. The van der Waals surface area contributed by atoms with Crippen LogP contribution in [0.3, 0.4) is 0 Å². The van der Waals surface area contributed by atoms with E-state index in [1.54, 1.807) is 0 Å². The lowest BCUT2D eigenvalue weighted by Gasteiger charge is -2.30. The maximum atomic E-state index is 2.53. The van der Waals surface area contributed by atoms with Crippen LogP contribution in [-0.2, 0) is 11.8 Å². The molecule has 0 saturated heterocycles. The van der Waals surface area contributed by atoms with Gasteiger partial charge >= 0.3 is 0 Å². The first-order valence-electron chi connectivity index (χ1n) is 15.0. The summed E-state index contributed by atoms with van der Waals surface area (Å²) in [6, 6.07) is 53.5. The van der Waals surface area contributed by atoms with Crippen molar-refractivity contribution in [1.82, 2.24) is 0 Å². The summed E-state index contributed by atoms with van der Waals surface area (Å²) in [5, 5.41) is 0. The highest BCUT2D eigenvalue weighted by Crippen LogP contribution is 2.54. The summed E-state index contributed by atoms with van der Waals surface area (Å²) in [7, 11) is 0. The summed E-state index contributed by atoms with van der Waals surface area (Å²) in [5.74, 6) is 0.372. The zero-order valence-corrected chi connectivity index (χ0v) is 24.1. The van der Waals surface area contributed by atoms with Crippen molar-refractivity contribution in [2.24, 2.45) is 0 Å². The van der Waals surface area contributed by atoms with Crippen molar-refractivity contribution in [3.05, 3.63) is 173 Å². The Hall–Kier alpha value is -4.88. The second-order valence-electron chi connectivity index (χ2n) is 12.2. The predicted molar refractivity (Wildman–Crippen MR) is 176 cm³/mol. The Kier molecular flexibility index (Phi) is 5.69. The number of anilines is 3. The molecular formula is C41H33N. The molecule has 2 aliphatic carbocycles. The van der Waals surface area contributed by atoms with E-state index < -0.39 is 0 Å². The Balaban J connectivity index is 1.27. The van der Waals surface area contributed by atoms with Gasteiger partial charge in [-0.1, -0.05) is 117 Å². The standard InChI is InChI=1S/C41H33N/c1-41(2)39-25-29-24-36(28-14-6-3-7-15-28)33-20-12-13-21-34(33)37(29)27-38(39)35-23-22-32(26-40(35)41)42(30-16-8-4-9-17-30)31-18-10-5-11-19-31/h3-23,25-27,36H,24H2,1-2H3. The fraction of sp³-hybridized carbons (Fsp3) is 0.122. The largest absolute Gasteiger partial charge is 0.310 e. The van der Waals surface area contributed by atoms with Gasteiger partial charge in [-0.05, 0) is 99.0 Å². The second kappa shape index (κ2) is 9.60. The number of hydrogen-bond donors (Lipinski definition) is 0. The van der Waals surface area contributed by atoms with Crippen molar-refractivity contribution in [1.29, 1.82) is 0 Å². The van der Waals surface area contributed by atoms with Crippen LogP contribution in [0.25, 0.3) is 22.3 Å². The van der Waals surface area contributed by atoms with Gasteiger partial charge in [0.1, 0.15) is 0 Å². The Morgan fingerprint density at radius 3 is 1.79 bits per heavy atom. The van der Waals surface area contributed by atoms with Crippen LogP contribution in [0.2, 0.25) is 0 Å². The molecule has 1 unspecified atom stereocenters. The molecule has 0 aliphatic heterocycles. The zero-order chi connectivity index (χ0) is 28.3. The zero-order valence-electron chi connectivity index (χ0n) is 24.1. The molecule has 202 valence electrons. The molecule has 0 spiro atoms. The predicted octanol–water partition coefficient (Wildman–Crippen LogP) is 10.8. The van der Waals surface area contributed by atoms with Crippen molar-refractivity contribution in [2.45, 2.75) is 31.6 Å². The highest BCUT2D eigenvalue weighted by atomic mass is 15.1. The minimum Gasteiger partial charge on any atom is -0.310 e. The van der Waals surface area contributed by atoms with Crippen molar-refractivity contribution >= 4 is 17.1 Å². The van der Waals surface area contributed by atoms with Gasteiger partial charge in [0.15, 0.2) is 0 Å². The summed E-state index contributed by atoms with van der Waals surface area (Å²) in [6.07, 6.45) is 1.02. The molecule has 8 rings (SSSR count). The van der Waals surface area contributed by atoms with E-state index in [9.17, 15) is 0 Å². The Morgan fingerprint density at radius 1 is 0.500 bits per heavy atom. The van der Waals surface area contributed by atoms with Gasteiger partial charge in [-0.2, -0.15) is 0 Å². The second-order valence-corrected chi connectivity index (χ2v) is 12.2. The van der Waals surface area contributed by atoms with Gasteiger partial charge in [0.25, 0.3) is 0 Å². The molecule has 1 nitrogen and oxygen atoms in total. The molecule has 0 bridgehead atoms. The fourth-order valence-corrected chi connectivity index (χ4v) is 7.33. The van der Waals surface area contributed by atoms with E-state index in [0.717, 1.165) is 17.8 Å². The van der Waals surface area contributed by atoms with Crippen LogP contribution in [0.4, 0.5) is 17.1 Å². The van der Waals surface area contributed by atoms with Crippen molar-refractivity contribution in [2.75, 3.05) is 4.90 Å². The summed E-state index contributed by atoms with van der Waals surface area (Å²) < 4.78 is 0. The molecule has 6 aromatic carbocycles. The smallest absolute Gasteiger partial charge is 0.0465 e. The first kappa shape index (κ1) is 24.9. The maximum Gasteiger partial charge on any atom is 0.0465 e. The Bertz CT molecular complexity index is 1880. The van der Waals surface area contributed by atoms with Crippen molar-refractivity contribution < 1.29 is 0 Å². The molecule has 0 radical (unpaired) electrons. The minimum atomic E-state index is -0.103. The third-order valence-electron chi connectivity index (χ3n) is 9.42. The first-order valence-corrected chi connectivity index (χ1v) is 15.0. The van der Waals surface area contributed by atoms with Gasteiger partial charge in [0.05, 0.1) is 0 Å². The number of hydrogen-bond acceptors (Lipinski definition) is 1. The van der Waals surface area contributed by atoms with Gasteiger partial charge in [-0.3, -0.25) is 0 Å². The van der Waals surface area contributed by atoms with Crippen LogP contribution in [0.5, 0.6) is 0 Å². The van der Waals surface area contributed by atoms with E-state index in [4.69, 9.17) is 0 Å². The van der Waals surface area contributed by atoms with Crippen LogP contribution in [0.15, 0.2) is 146 Å².